The second-order valence-electron chi connectivity index (χ2n) is 3.37. The Morgan fingerprint density at radius 1 is 1.23 bits per heavy atom. The lowest BCUT2D eigenvalue weighted by atomic mass is 10.0. The molecule has 0 saturated carbocycles. The molecule has 0 amide bonds. The van der Waals surface area contributed by atoms with Crippen molar-refractivity contribution in [3.05, 3.63) is 0 Å². The average Bonchev–Trinajstić information content (AvgIpc) is 2.02. The Balaban J connectivity index is 2.27. The zero-order valence-corrected chi connectivity index (χ0v) is 8.63. The highest BCUT2D eigenvalue weighted by molar-refractivity contribution is 4.89. The first-order valence-electron chi connectivity index (χ1n) is 4.82. The largest absolute Gasteiger partial charge is 0.330 e. The first-order valence-corrected chi connectivity index (χ1v) is 4.82. The third kappa shape index (κ3) is 3.23. The number of rotatable bonds is 6. The first-order chi connectivity index (χ1) is 6.20. The van der Waals surface area contributed by atoms with Gasteiger partial charge < -0.3 is 19.5 Å². The van der Waals surface area contributed by atoms with Gasteiger partial charge >= 0.3 is 0 Å². The van der Waals surface area contributed by atoms with Crippen LogP contribution in [0.3, 0.4) is 0 Å². The molecule has 4 nitrogen and oxygen atoms in total. The van der Waals surface area contributed by atoms with Gasteiger partial charge in [-0.15, -0.1) is 0 Å². The smallest absolute Gasteiger partial charge is 0.272 e. The van der Waals surface area contributed by atoms with Crippen LogP contribution in [0.2, 0.25) is 0 Å². The monoisotopic (exact) mass is 189 g/mol. The molecule has 1 aliphatic heterocycles. The van der Waals surface area contributed by atoms with Crippen LogP contribution in [0.25, 0.3) is 0 Å². The molecule has 0 aromatic carbocycles. The molecule has 0 aromatic heterocycles. The van der Waals surface area contributed by atoms with Gasteiger partial charge in [-0.2, -0.15) is 0 Å². The van der Waals surface area contributed by atoms with Crippen LogP contribution in [0.15, 0.2) is 0 Å². The zero-order valence-electron chi connectivity index (χ0n) is 8.63. The molecular formula is C9H19NO3. The van der Waals surface area contributed by atoms with Crippen molar-refractivity contribution >= 4 is 0 Å². The molecular weight excluding hydrogens is 170 g/mol. The summed E-state index contributed by atoms with van der Waals surface area (Å²) in [7, 11) is 0. The van der Waals surface area contributed by atoms with Crippen LogP contribution in [0.4, 0.5) is 0 Å². The van der Waals surface area contributed by atoms with Gasteiger partial charge in [-0.1, -0.05) is 0 Å². The molecule has 1 fully saturated rings. The van der Waals surface area contributed by atoms with E-state index in [1.165, 1.54) is 0 Å². The minimum Gasteiger partial charge on any atom is -0.330 e. The molecule has 1 N–H and O–H groups in total. The fourth-order valence-corrected chi connectivity index (χ4v) is 1.18. The highest BCUT2D eigenvalue weighted by Crippen LogP contribution is 2.18. The molecule has 0 unspecified atom stereocenters. The average molecular weight is 189 g/mol. The van der Waals surface area contributed by atoms with Crippen molar-refractivity contribution in [2.24, 2.45) is 0 Å². The molecule has 0 aliphatic carbocycles. The van der Waals surface area contributed by atoms with Crippen molar-refractivity contribution in [3.63, 3.8) is 0 Å². The van der Waals surface area contributed by atoms with Gasteiger partial charge in [-0.3, -0.25) is 0 Å². The van der Waals surface area contributed by atoms with Crippen molar-refractivity contribution in [1.82, 2.24) is 5.32 Å². The van der Waals surface area contributed by atoms with E-state index in [-0.39, 0.29) is 5.60 Å². The van der Waals surface area contributed by atoms with Crippen LogP contribution in [0.1, 0.15) is 20.8 Å². The summed E-state index contributed by atoms with van der Waals surface area (Å²) in [6.45, 7) is 8.33. The highest BCUT2D eigenvalue weighted by Gasteiger charge is 2.35. The third-order valence-electron chi connectivity index (χ3n) is 1.98. The summed E-state index contributed by atoms with van der Waals surface area (Å²) in [5, 5.41) is 3.16. The lowest BCUT2D eigenvalue weighted by molar-refractivity contribution is -0.328. The second-order valence-corrected chi connectivity index (χ2v) is 3.37. The highest BCUT2D eigenvalue weighted by atomic mass is 16.8. The normalized spacial score (nSPS) is 20.3. The Morgan fingerprint density at radius 3 is 2.08 bits per heavy atom. The lowest BCUT2D eigenvalue weighted by Gasteiger charge is -2.40. The van der Waals surface area contributed by atoms with Crippen LogP contribution in [0, 0.1) is 0 Å². The minimum atomic E-state index is -0.512. The van der Waals surface area contributed by atoms with E-state index in [0.29, 0.717) is 13.2 Å². The Labute approximate surface area is 79.5 Å². The maximum atomic E-state index is 5.65. The SMILES string of the molecule is CCOC(OCC)OC1(C)CNC1. The molecule has 78 valence electrons. The molecule has 1 aliphatic rings. The summed E-state index contributed by atoms with van der Waals surface area (Å²) in [5.74, 6) is 0. The van der Waals surface area contributed by atoms with Gasteiger partial charge in [0.15, 0.2) is 0 Å². The summed E-state index contributed by atoms with van der Waals surface area (Å²) in [6.07, 6.45) is 0. The van der Waals surface area contributed by atoms with E-state index in [1.54, 1.807) is 0 Å². The molecule has 1 saturated heterocycles. The van der Waals surface area contributed by atoms with Crippen molar-refractivity contribution in [2.45, 2.75) is 32.8 Å². The van der Waals surface area contributed by atoms with E-state index in [9.17, 15) is 0 Å². The number of hydrogen-bond acceptors (Lipinski definition) is 4. The van der Waals surface area contributed by atoms with E-state index < -0.39 is 6.48 Å². The van der Waals surface area contributed by atoms with Gasteiger partial charge in [0.05, 0.1) is 5.60 Å². The maximum absolute atomic E-state index is 5.65. The minimum absolute atomic E-state index is 0.116. The lowest BCUT2D eigenvalue weighted by Crippen LogP contribution is -2.60. The van der Waals surface area contributed by atoms with E-state index in [4.69, 9.17) is 14.2 Å². The second kappa shape index (κ2) is 4.91. The van der Waals surface area contributed by atoms with Gasteiger partial charge in [-0.05, 0) is 20.8 Å². The van der Waals surface area contributed by atoms with Crippen LogP contribution in [-0.4, -0.2) is 38.4 Å². The molecule has 1 heterocycles. The van der Waals surface area contributed by atoms with E-state index in [2.05, 4.69) is 12.2 Å². The van der Waals surface area contributed by atoms with Crippen LogP contribution >= 0.6 is 0 Å². The van der Waals surface area contributed by atoms with E-state index >= 15 is 0 Å². The van der Waals surface area contributed by atoms with E-state index in [1.807, 2.05) is 13.8 Å². The fourth-order valence-electron chi connectivity index (χ4n) is 1.18. The third-order valence-corrected chi connectivity index (χ3v) is 1.98. The number of hydrogen-bond donors (Lipinski definition) is 1. The maximum Gasteiger partial charge on any atom is 0.272 e. The fraction of sp³-hybridized carbons (Fsp3) is 1.00. The molecule has 0 aromatic rings. The quantitative estimate of drug-likeness (QED) is 0.625. The molecule has 0 bridgehead atoms. The standard InChI is InChI=1S/C9H19NO3/c1-4-11-8(12-5-2)13-9(3)6-10-7-9/h8,10H,4-7H2,1-3H3. The predicted molar refractivity (Wildman–Crippen MR) is 49.4 cm³/mol. The van der Waals surface area contributed by atoms with Gasteiger partial charge in [0.1, 0.15) is 0 Å². The Kier molecular flexibility index (Phi) is 4.12. The Bertz CT molecular complexity index is 142. The Morgan fingerprint density at radius 2 is 1.77 bits per heavy atom. The van der Waals surface area contributed by atoms with Gasteiger partial charge in [0, 0.05) is 26.3 Å². The topological polar surface area (TPSA) is 39.7 Å². The molecule has 0 atom stereocenters. The van der Waals surface area contributed by atoms with Crippen molar-refractivity contribution in [3.8, 4) is 0 Å². The summed E-state index contributed by atoms with van der Waals surface area (Å²) >= 11 is 0. The van der Waals surface area contributed by atoms with Crippen LogP contribution in [-0.2, 0) is 14.2 Å². The van der Waals surface area contributed by atoms with Gasteiger partial charge in [0.25, 0.3) is 6.48 Å². The van der Waals surface area contributed by atoms with Crippen molar-refractivity contribution in [1.29, 1.82) is 0 Å². The zero-order chi connectivity index (χ0) is 9.73. The van der Waals surface area contributed by atoms with Crippen LogP contribution in [0.5, 0.6) is 0 Å². The summed E-state index contributed by atoms with van der Waals surface area (Å²) < 4.78 is 16.2. The molecule has 13 heavy (non-hydrogen) atoms. The van der Waals surface area contributed by atoms with Crippen molar-refractivity contribution < 1.29 is 14.2 Å². The van der Waals surface area contributed by atoms with E-state index in [0.717, 1.165) is 13.1 Å². The van der Waals surface area contributed by atoms with Gasteiger partial charge in [-0.25, -0.2) is 0 Å². The molecule has 1 rings (SSSR count). The first kappa shape index (κ1) is 10.9. The summed E-state index contributed by atoms with van der Waals surface area (Å²) in [5.41, 5.74) is -0.116. The molecule has 4 heteroatoms. The number of ether oxygens (including phenoxy) is 3. The number of nitrogens with one attached hydrogen (secondary N) is 1. The van der Waals surface area contributed by atoms with Crippen LogP contribution < -0.4 is 5.32 Å². The summed E-state index contributed by atoms with van der Waals surface area (Å²) in [4.78, 5) is 0. The Hall–Kier alpha value is -0.160. The predicted octanol–water partition coefficient (Wildman–Crippen LogP) is 0.721. The summed E-state index contributed by atoms with van der Waals surface area (Å²) in [6, 6.07) is 0. The molecule has 0 spiro atoms. The molecule has 0 radical (unpaired) electrons. The van der Waals surface area contributed by atoms with Crippen molar-refractivity contribution in [2.75, 3.05) is 26.3 Å². The van der Waals surface area contributed by atoms with Gasteiger partial charge in [0.2, 0.25) is 0 Å².